The smallest absolute Gasteiger partial charge is 0.328 e. The van der Waals surface area contributed by atoms with Crippen molar-refractivity contribution in [2.75, 3.05) is 13.7 Å². The van der Waals surface area contributed by atoms with Gasteiger partial charge in [-0.1, -0.05) is 30.3 Å². The van der Waals surface area contributed by atoms with Crippen LogP contribution in [0.2, 0.25) is 0 Å². The molecule has 1 saturated heterocycles. The third-order valence-corrected chi connectivity index (χ3v) is 8.05. The number of carboxylic acid groups (broad SMARTS) is 2. The van der Waals surface area contributed by atoms with Crippen molar-refractivity contribution in [3.8, 4) is 5.75 Å². The molecule has 0 spiro atoms. The van der Waals surface area contributed by atoms with Crippen LogP contribution in [0.4, 0.5) is 0 Å². The van der Waals surface area contributed by atoms with Crippen molar-refractivity contribution < 1.29 is 53.9 Å². The van der Waals surface area contributed by atoms with Crippen LogP contribution in [0.3, 0.4) is 0 Å². The van der Waals surface area contributed by atoms with Crippen LogP contribution in [-0.4, -0.2) is 115 Å². The van der Waals surface area contributed by atoms with E-state index in [1.807, 2.05) is 24.3 Å². The summed E-state index contributed by atoms with van der Waals surface area (Å²) in [6.45, 7) is -0.680. The molecule has 0 bridgehead atoms. The molecule has 3 heterocycles. The zero-order chi connectivity index (χ0) is 39.8. The maximum atomic E-state index is 11.9. The van der Waals surface area contributed by atoms with Crippen LogP contribution >= 0.6 is 0 Å². The summed E-state index contributed by atoms with van der Waals surface area (Å²) in [6, 6.07) is 9.59. The summed E-state index contributed by atoms with van der Waals surface area (Å²) in [6.07, 6.45) is 6.19. The number of carbonyl (C=O) groups is 6. The molecule has 1 aliphatic rings. The second-order valence-electron chi connectivity index (χ2n) is 12.1. The highest BCUT2D eigenvalue weighted by atomic mass is 16.5. The number of esters is 1. The Morgan fingerprint density at radius 3 is 2.19 bits per heavy atom. The number of ether oxygens (including phenoxy) is 1. The maximum absolute atomic E-state index is 11.9. The van der Waals surface area contributed by atoms with Gasteiger partial charge in [-0.15, -0.1) is 0 Å². The number of imidazole rings is 1. The molecule has 54 heavy (non-hydrogen) atoms. The van der Waals surface area contributed by atoms with Crippen molar-refractivity contribution >= 4 is 46.5 Å². The number of H-pyrrole nitrogens is 2. The summed E-state index contributed by atoms with van der Waals surface area (Å²) in [5.74, 6) is -3.95. The Morgan fingerprint density at radius 2 is 1.61 bits per heavy atom. The lowest BCUT2D eigenvalue weighted by Gasteiger charge is -2.16. The van der Waals surface area contributed by atoms with E-state index in [-0.39, 0.29) is 30.9 Å². The first-order valence-electron chi connectivity index (χ1n) is 16.6. The van der Waals surface area contributed by atoms with Gasteiger partial charge in [0.15, 0.2) is 0 Å². The van der Waals surface area contributed by atoms with Crippen LogP contribution in [0.15, 0.2) is 67.3 Å². The number of aliphatic hydroxyl groups excluding tert-OH is 1. The first-order valence-corrected chi connectivity index (χ1v) is 16.6. The van der Waals surface area contributed by atoms with Gasteiger partial charge in [-0.3, -0.25) is 19.2 Å². The molecular weight excluding hydrogens is 708 g/mol. The number of aliphatic carboxylic acids is 2. The fourth-order valence-electron chi connectivity index (χ4n) is 5.11. The fraction of sp³-hybridized carbons (Fsp3) is 0.343. The number of methoxy groups -OCH3 is 1. The number of para-hydroxylation sites is 1. The van der Waals surface area contributed by atoms with Crippen LogP contribution in [0, 0.1) is 0 Å². The number of carbonyl (C=O) groups excluding carboxylic acids is 4. The van der Waals surface area contributed by atoms with Crippen LogP contribution < -0.4 is 27.4 Å². The Hall–Kier alpha value is -6.31. The second kappa shape index (κ2) is 20.7. The number of nitrogens with two attached hydrogens (primary N) is 2. The Balaban J connectivity index is 0.000000222. The zero-order valence-corrected chi connectivity index (χ0v) is 29.2. The molecule has 19 nitrogen and oxygen atoms in total. The van der Waals surface area contributed by atoms with Gasteiger partial charge >= 0.3 is 17.9 Å². The molecule has 0 aliphatic carbocycles. The Labute approximate surface area is 308 Å². The van der Waals surface area contributed by atoms with E-state index >= 15 is 0 Å². The molecule has 5 rings (SSSR count). The van der Waals surface area contributed by atoms with Crippen LogP contribution in [-0.2, 0) is 52.8 Å². The number of aromatic hydroxyl groups is 1. The lowest BCUT2D eigenvalue weighted by Crippen LogP contribution is -2.50. The predicted octanol–water partition coefficient (Wildman–Crippen LogP) is -1.17. The number of fused-ring (bicyclic) bond motifs is 1. The monoisotopic (exact) mass is 752 g/mol. The number of amides is 3. The molecule has 1 fully saturated rings. The fourth-order valence-corrected chi connectivity index (χ4v) is 5.11. The summed E-state index contributed by atoms with van der Waals surface area (Å²) in [5, 5.41) is 43.8. The summed E-state index contributed by atoms with van der Waals surface area (Å²) >= 11 is 0. The van der Waals surface area contributed by atoms with Crippen LogP contribution in [0.5, 0.6) is 5.75 Å². The molecule has 3 amide bonds. The quantitative estimate of drug-likeness (QED) is 0.0677. The van der Waals surface area contributed by atoms with Crippen molar-refractivity contribution in [2.24, 2.45) is 11.5 Å². The number of aromatic amines is 2. The lowest BCUT2D eigenvalue weighted by atomic mass is 10.0. The second-order valence-corrected chi connectivity index (χ2v) is 12.1. The van der Waals surface area contributed by atoms with E-state index in [4.69, 9.17) is 31.9 Å². The molecular formula is C35H44N8O11. The van der Waals surface area contributed by atoms with Crippen molar-refractivity contribution in [2.45, 2.75) is 62.3 Å². The van der Waals surface area contributed by atoms with Gasteiger partial charge in [0.2, 0.25) is 17.7 Å². The third kappa shape index (κ3) is 13.0. The van der Waals surface area contributed by atoms with Crippen molar-refractivity contribution in [3.05, 3.63) is 84.1 Å². The lowest BCUT2D eigenvalue weighted by molar-refractivity contribution is -0.143. The van der Waals surface area contributed by atoms with Crippen molar-refractivity contribution in [3.63, 3.8) is 0 Å². The van der Waals surface area contributed by atoms with E-state index in [2.05, 4.69) is 35.6 Å². The summed E-state index contributed by atoms with van der Waals surface area (Å²) in [7, 11) is 1.30. The molecule has 290 valence electrons. The minimum atomic E-state index is -1.34. The number of aromatic nitrogens is 3. The molecule has 1 aliphatic heterocycles. The number of phenolic OH excluding ortho intramolecular Hbond substituents is 1. The van der Waals surface area contributed by atoms with E-state index in [9.17, 15) is 28.8 Å². The zero-order valence-electron chi connectivity index (χ0n) is 29.2. The standard InChI is InChI=1S/C14H17N3O4.C11H14N4O4.C10H13NO3/c15-10(13(19)17-12(7-18)14(20)21)5-8-6-16-11-4-2-1-3-9(8)11;16-9-2-1-7(14-9)10(17)15-8(11(18)19)3-6-4-12-5-13-6;1-14-10(13)9(11)6-7-2-4-8(12)5-3-7/h1-4,6,10,12,16,18H,5,7,15H2,(H,17,19)(H,20,21);4-5,7-8H,1-3H2,(H,12,13)(H,14,16)(H,15,17)(H,18,19);2-5,9,12H,6,11H2,1H3/t;;9-/m..0/s1. The van der Waals surface area contributed by atoms with Crippen molar-refractivity contribution in [1.29, 1.82) is 0 Å². The molecule has 5 atom stereocenters. The largest absolute Gasteiger partial charge is 0.508 e. The molecule has 0 radical (unpaired) electrons. The van der Waals surface area contributed by atoms with Gasteiger partial charge < -0.3 is 62.5 Å². The van der Waals surface area contributed by atoms with Gasteiger partial charge in [-0.05, 0) is 48.6 Å². The Morgan fingerprint density at radius 1 is 0.926 bits per heavy atom. The van der Waals surface area contributed by atoms with E-state index in [1.54, 1.807) is 30.5 Å². The van der Waals surface area contributed by atoms with Crippen LogP contribution in [0.1, 0.15) is 29.7 Å². The van der Waals surface area contributed by atoms with Gasteiger partial charge in [-0.25, -0.2) is 14.6 Å². The molecule has 4 aromatic rings. The van der Waals surface area contributed by atoms with E-state index in [1.165, 1.54) is 19.6 Å². The average Bonchev–Trinajstić information content (AvgIpc) is 3.93. The average molecular weight is 753 g/mol. The normalized spacial score (nSPS) is 15.5. The molecule has 19 heteroatoms. The minimum Gasteiger partial charge on any atom is -0.508 e. The SMILES string of the molecule is COC(=O)[C@@H](N)Cc1ccc(O)cc1.NC(Cc1c[nH]c2ccccc12)C(=O)NC(CO)C(=O)O.O=C1CCC(C(=O)NC(Cc2cnc[nH]2)C(=O)O)N1. The highest BCUT2D eigenvalue weighted by Gasteiger charge is 2.30. The number of carboxylic acids is 2. The van der Waals surface area contributed by atoms with Gasteiger partial charge in [0, 0.05) is 41.8 Å². The Bertz CT molecular complexity index is 1860. The third-order valence-electron chi connectivity index (χ3n) is 8.05. The number of nitrogens with one attached hydrogen (secondary N) is 5. The van der Waals surface area contributed by atoms with Gasteiger partial charge in [-0.2, -0.15) is 0 Å². The van der Waals surface area contributed by atoms with Gasteiger partial charge in [0.25, 0.3) is 0 Å². The summed E-state index contributed by atoms with van der Waals surface area (Å²) in [5.41, 5.74) is 14.7. The first kappa shape index (κ1) is 42.1. The number of benzene rings is 2. The van der Waals surface area contributed by atoms with Gasteiger partial charge in [0.1, 0.15) is 29.9 Å². The van der Waals surface area contributed by atoms with E-state index in [0.29, 0.717) is 18.5 Å². The molecule has 2 aromatic heterocycles. The maximum Gasteiger partial charge on any atom is 0.328 e. The topological polar surface area (TPSA) is 325 Å². The number of phenols is 1. The molecule has 0 saturated carbocycles. The number of nitrogens with zero attached hydrogens (tertiary/aromatic N) is 1. The summed E-state index contributed by atoms with van der Waals surface area (Å²) in [4.78, 5) is 77.2. The Kier molecular flexibility index (Phi) is 16.1. The molecule has 2 aromatic carbocycles. The van der Waals surface area contributed by atoms with E-state index < -0.39 is 66.5 Å². The van der Waals surface area contributed by atoms with Crippen molar-refractivity contribution in [1.82, 2.24) is 30.9 Å². The first-order chi connectivity index (χ1) is 25.7. The predicted molar refractivity (Wildman–Crippen MR) is 191 cm³/mol. The molecule has 4 unspecified atom stereocenters. The molecule has 13 N–H and O–H groups in total. The van der Waals surface area contributed by atoms with Crippen LogP contribution in [0.25, 0.3) is 10.9 Å². The highest BCUT2D eigenvalue weighted by Crippen LogP contribution is 2.19. The number of hydrogen-bond acceptors (Lipinski definition) is 12. The van der Waals surface area contributed by atoms with E-state index in [0.717, 1.165) is 22.0 Å². The number of hydrogen-bond donors (Lipinski definition) is 11. The van der Waals surface area contributed by atoms with Gasteiger partial charge in [0.05, 0.1) is 26.1 Å². The highest BCUT2D eigenvalue weighted by molar-refractivity contribution is 5.93. The summed E-state index contributed by atoms with van der Waals surface area (Å²) < 4.78 is 4.49. The minimum absolute atomic E-state index is 0.113. The number of rotatable bonds is 14. The number of aliphatic hydroxyl groups is 1.